The van der Waals surface area contributed by atoms with Gasteiger partial charge in [0.05, 0.1) is 12.0 Å². The first-order valence-corrected chi connectivity index (χ1v) is 7.31. The average Bonchev–Trinajstić information content (AvgIpc) is 3.31. The predicted octanol–water partition coefficient (Wildman–Crippen LogP) is 1.70. The Bertz CT molecular complexity index is 539. The summed E-state index contributed by atoms with van der Waals surface area (Å²) >= 11 is 0. The van der Waals surface area contributed by atoms with Crippen molar-refractivity contribution in [2.24, 2.45) is 5.41 Å². The number of amides is 1. The summed E-state index contributed by atoms with van der Waals surface area (Å²) in [6.07, 6.45) is 2.00. The largest absolute Gasteiger partial charge is 0.493 e. The molecule has 6 nitrogen and oxygen atoms in total. The molecule has 0 saturated heterocycles. The summed E-state index contributed by atoms with van der Waals surface area (Å²) in [7, 11) is 1.63. The summed E-state index contributed by atoms with van der Waals surface area (Å²) in [5.74, 6) is -0.513. The lowest BCUT2D eigenvalue weighted by molar-refractivity contribution is -0.143. The van der Waals surface area contributed by atoms with Crippen LogP contribution in [0, 0.1) is 5.41 Å². The van der Waals surface area contributed by atoms with Crippen molar-refractivity contribution in [2.75, 3.05) is 26.9 Å². The topological polar surface area (TPSA) is 84.9 Å². The number of benzene rings is 1. The standard InChI is InChI=1S/C16H21NO5/c1-21-8-3-9-22-13-5-2-4-12(10-13)14(18)17-11-16(6-7-16)15(19)20/h2,4-5,10H,3,6-9,11H2,1H3,(H,17,18)(H,19,20). The maximum Gasteiger partial charge on any atom is 0.311 e. The first-order valence-electron chi connectivity index (χ1n) is 7.31. The van der Waals surface area contributed by atoms with Gasteiger partial charge in [0.15, 0.2) is 0 Å². The number of carboxylic acid groups (broad SMARTS) is 1. The Balaban J connectivity index is 1.86. The fourth-order valence-electron chi connectivity index (χ4n) is 2.09. The maximum atomic E-state index is 12.1. The van der Waals surface area contributed by atoms with Crippen LogP contribution in [0.2, 0.25) is 0 Å². The van der Waals surface area contributed by atoms with Crippen molar-refractivity contribution in [2.45, 2.75) is 19.3 Å². The van der Waals surface area contributed by atoms with Crippen molar-refractivity contribution >= 4 is 11.9 Å². The molecule has 0 radical (unpaired) electrons. The van der Waals surface area contributed by atoms with Crippen LogP contribution in [-0.4, -0.2) is 43.9 Å². The third-order valence-corrected chi connectivity index (χ3v) is 3.75. The van der Waals surface area contributed by atoms with Crippen molar-refractivity contribution in [3.8, 4) is 5.75 Å². The van der Waals surface area contributed by atoms with Gasteiger partial charge < -0.3 is 19.9 Å². The highest BCUT2D eigenvalue weighted by molar-refractivity contribution is 5.95. The van der Waals surface area contributed by atoms with Crippen LogP contribution in [-0.2, 0) is 9.53 Å². The zero-order valence-electron chi connectivity index (χ0n) is 12.6. The van der Waals surface area contributed by atoms with Gasteiger partial charge in [0.2, 0.25) is 0 Å². The van der Waals surface area contributed by atoms with Crippen molar-refractivity contribution < 1.29 is 24.2 Å². The number of nitrogens with one attached hydrogen (secondary N) is 1. The lowest BCUT2D eigenvalue weighted by Gasteiger charge is -2.12. The molecule has 1 amide bonds. The number of carboxylic acids is 1. The highest BCUT2D eigenvalue weighted by Gasteiger charge is 2.50. The number of ether oxygens (including phenoxy) is 2. The molecule has 2 N–H and O–H groups in total. The van der Waals surface area contributed by atoms with Gasteiger partial charge in [-0.2, -0.15) is 0 Å². The molecule has 0 bridgehead atoms. The highest BCUT2D eigenvalue weighted by Crippen LogP contribution is 2.45. The van der Waals surface area contributed by atoms with Crippen LogP contribution < -0.4 is 10.1 Å². The first-order chi connectivity index (χ1) is 10.6. The summed E-state index contributed by atoms with van der Waals surface area (Å²) in [6, 6.07) is 6.86. The third-order valence-electron chi connectivity index (χ3n) is 3.75. The Morgan fingerprint density at radius 3 is 2.73 bits per heavy atom. The molecule has 0 spiro atoms. The van der Waals surface area contributed by atoms with Crippen molar-refractivity contribution in [3.63, 3.8) is 0 Å². The van der Waals surface area contributed by atoms with E-state index < -0.39 is 11.4 Å². The van der Waals surface area contributed by atoms with Gasteiger partial charge in [-0.1, -0.05) is 6.07 Å². The minimum Gasteiger partial charge on any atom is -0.493 e. The molecule has 22 heavy (non-hydrogen) atoms. The number of hydrogen-bond donors (Lipinski definition) is 2. The molecule has 0 aliphatic heterocycles. The van der Waals surface area contributed by atoms with Gasteiger partial charge in [-0.15, -0.1) is 0 Å². The predicted molar refractivity (Wildman–Crippen MR) is 80.1 cm³/mol. The molecule has 0 atom stereocenters. The van der Waals surface area contributed by atoms with Crippen LogP contribution in [0.15, 0.2) is 24.3 Å². The van der Waals surface area contributed by atoms with E-state index >= 15 is 0 Å². The quantitative estimate of drug-likeness (QED) is 0.678. The number of rotatable bonds is 9. The molecule has 2 rings (SSSR count). The number of carbonyl (C=O) groups is 2. The molecule has 1 fully saturated rings. The van der Waals surface area contributed by atoms with Gasteiger partial charge >= 0.3 is 5.97 Å². The molecule has 6 heteroatoms. The van der Waals surface area contributed by atoms with Crippen LogP contribution in [0.5, 0.6) is 5.75 Å². The van der Waals surface area contributed by atoms with Crippen molar-refractivity contribution in [3.05, 3.63) is 29.8 Å². The molecule has 1 aromatic rings. The Morgan fingerprint density at radius 2 is 2.09 bits per heavy atom. The molecule has 1 saturated carbocycles. The Morgan fingerprint density at radius 1 is 1.32 bits per heavy atom. The van der Waals surface area contributed by atoms with Crippen LogP contribution in [0.3, 0.4) is 0 Å². The smallest absolute Gasteiger partial charge is 0.311 e. The van der Waals surface area contributed by atoms with E-state index in [1.54, 1.807) is 31.4 Å². The van der Waals surface area contributed by atoms with Crippen LogP contribution in [0.4, 0.5) is 0 Å². The monoisotopic (exact) mass is 307 g/mol. The average molecular weight is 307 g/mol. The fraction of sp³-hybridized carbons (Fsp3) is 0.500. The van der Waals surface area contributed by atoms with E-state index in [1.165, 1.54) is 0 Å². The van der Waals surface area contributed by atoms with E-state index in [9.17, 15) is 9.59 Å². The molecule has 0 aromatic heterocycles. The van der Waals surface area contributed by atoms with Crippen LogP contribution >= 0.6 is 0 Å². The van der Waals surface area contributed by atoms with E-state index in [0.717, 1.165) is 6.42 Å². The Labute approximate surface area is 129 Å². The van der Waals surface area contributed by atoms with E-state index in [2.05, 4.69) is 5.32 Å². The highest BCUT2D eigenvalue weighted by atomic mass is 16.5. The summed E-state index contributed by atoms with van der Waals surface area (Å²) < 4.78 is 10.5. The second kappa shape index (κ2) is 7.26. The van der Waals surface area contributed by atoms with E-state index in [4.69, 9.17) is 14.6 Å². The number of hydrogen-bond acceptors (Lipinski definition) is 4. The van der Waals surface area contributed by atoms with Crippen molar-refractivity contribution in [1.29, 1.82) is 0 Å². The SMILES string of the molecule is COCCCOc1cccc(C(=O)NCC2(C(=O)O)CC2)c1. The maximum absolute atomic E-state index is 12.1. The second-order valence-corrected chi connectivity index (χ2v) is 5.49. The van der Waals surface area contributed by atoms with E-state index in [-0.39, 0.29) is 12.5 Å². The van der Waals surface area contributed by atoms with Gasteiger partial charge in [-0.05, 0) is 31.0 Å². The summed E-state index contributed by atoms with van der Waals surface area (Å²) in [5, 5.41) is 11.8. The third kappa shape index (κ3) is 4.21. The molecule has 0 heterocycles. The van der Waals surface area contributed by atoms with Gasteiger partial charge in [-0.3, -0.25) is 9.59 Å². The summed E-state index contributed by atoms with van der Waals surface area (Å²) in [4.78, 5) is 23.2. The second-order valence-electron chi connectivity index (χ2n) is 5.49. The minimum absolute atomic E-state index is 0.167. The van der Waals surface area contributed by atoms with Crippen molar-refractivity contribution in [1.82, 2.24) is 5.32 Å². The lowest BCUT2D eigenvalue weighted by Crippen LogP contribution is -2.34. The molecular weight excluding hydrogens is 286 g/mol. The van der Waals surface area contributed by atoms with Gasteiger partial charge in [-0.25, -0.2) is 0 Å². The zero-order valence-corrected chi connectivity index (χ0v) is 12.6. The Kier molecular flexibility index (Phi) is 5.38. The van der Waals surface area contributed by atoms with E-state index in [0.29, 0.717) is 37.4 Å². The number of aliphatic carboxylic acids is 1. The molecule has 120 valence electrons. The van der Waals surface area contributed by atoms with Crippen LogP contribution in [0.25, 0.3) is 0 Å². The van der Waals surface area contributed by atoms with Gasteiger partial charge in [0.25, 0.3) is 5.91 Å². The number of carbonyl (C=O) groups excluding carboxylic acids is 1. The van der Waals surface area contributed by atoms with Crippen LogP contribution in [0.1, 0.15) is 29.6 Å². The number of methoxy groups -OCH3 is 1. The summed E-state index contributed by atoms with van der Waals surface area (Å²) in [5.41, 5.74) is -0.297. The van der Waals surface area contributed by atoms with E-state index in [1.807, 2.05) is 0 Å². The molecule has 1 aromatic carbocycles. The molecule has 0 unspecified atom stereocenters. The Hall–Kier alpha value is -2.08. The fourth-order valence-corrected chi connectivity index (χ4v) is 2.09. The zero-order chi connectivity index (χ0) is 16.0. The van der Waals surface area contributed by atoms with Gasteiger partial charge in [0, 0.05) is 32.2 Å². The molecule has 1 aliphatic carbocycles. The molecule has 1 aliphatic rings. The minimum atomic E-state index is -0.844. The molecular formula is C16H21NO5. The summed E-state index contributed by atoms with van der Waals surface area (Å²) in [6.45, 7) is 1.30. The normalized spacial score (nSPS) is 15.1. The first kappa shape index (κ1) is 16.3. The lowest BCUT2D eigenvalue weighted by atomic mass is 10.1. The van der Waals surface area contributed by atoms with Gasteiger partial charge in [0.1, 0.15) is 5.75 Å².